The highest BCUT2D eigenvalue weighted by Crippen LogP contribution is 2.12. The first-order valence-corrected chi connectivity index (χ1v) is 10.3. The van der Waals surface area contributed by atoms with Gasteiger partial charge in [0.2, 0.25) is 11.2 Å². The van der Waals surface area contributed by atoms with Gasteiger partial charge in [0.15, 0.2) is 0 Å². The van der Waals surface area contributed by atoms with Gasteiger partial charge >= 0.3 is 5.95 Å². The third-order valence-electron chi connectivity index (χ3n) is 4.41. The molecule has 0 aromatic carbocycles. The summed E-state index contributed by atoms with van der Waals surface area (Å²) in [5, 5.41) is 3.47. The molecule has 0 radical (unpaired) electrons. The maximum atomic E-state index is 6.03. The molecular weight excluding hydrogens is 348 g/mol. The van der Waals surface area contributed by atoms with Gasteiger partial charge in [0.05, 0.1) is 7.05 Å². The van der Waals surface area contributed by atoms with Gasteiger partial charge in [-0.15, -0.1) is 0 Å². The summed E-state index contributed by atoms with van der Waals surface area (Å²) in [6, 6.07) is 0. The molecule has 0 bridgehead atoms. The average molecular weight is 380 g/mol. The quantitative estimate of drug-likeness (QED) is 0.412. The lowest BCUT2D eigenvalue weighted by atomic mass is 10.1. The van der Waals surface area contributed by atoms with E-state index >= 15 is 0 Å². The second-order valence-corrected chi connectivity index (χ2v) is 7.16. The van der Waals surface area contributed by atoms with E-state index in [1.807, 2.05) is 34.9 Å². The first kappa shape index (κ1) is 20.6. The van der Waals surface area contributed by atoms with E-state index in [1.54, 1.807) is 0 Å². The van der Waals surface area contributed by atoms with E-state index < -0.39 is 0 Å². The summed E-state index contributed by atoms with van der Waals surface area (Å²) in [5.41, 5.74) is 0. The van der Waals surface area contributed by atoms with Crippen molar-refractivity contribution in [2.45, 2.75) is 71.1 Å². The van der Waals surface area contributed by atoms with E-state index in [-0.39, 0.29) is 5.28 Å². The van der Waals surface area contributed by atoms with E-state index in [0.29, 0.717) is 11.9 Å². The minimum Gasteiger partial charge on any atom is -0.354 e. The molecule has 0 saturated heterocycles. The van der Waals surface area contributed by atoms with Crippen LogP contribution in [0.2, 0.25) is 5.28 Å². The average Bonchev–Trinajstić information content (AvgIpc) is 3.06. The van der Waals surface area contributed by atoms with Crippen molar-refractivity contribution in [1.29, 1.82) is 0 Å². The number of nitrogens with zero attached hydrogens (tertiary/aromatic N) is 5. The lowest BCUT2D eigenvalue weighted by Crippen LogP contribution is -2.23. The SMILES string of the molecule is CCCCCCCCCCCCNc1nc(Cl)nc(-n2cc[n+](C)c2)n1. The van der Waals surface area contributed by atoms with E-state index in [9.17, 15) is 0 Å². The standard InChI is InChI=1S/C19H32ClN6/c1-3-4-5-6-7-8-9-10-11-12-13-21-18-22-17(20)23-19(24-18)26-15-14-25(2)16-26/h14-16H,3-13H2,1-2H3,(H,21,22,23,24)/q+1. The highest BCUT2D eigenvalue weighted by atomic mass is 35.5. The van der Waals surface area contributed by atoms with Crippen molar-refractivity contribution >= 4 is 17.5 Å². The normalized spacial score (nSPS) is 11.0. The zero-order valence-electron chi connectivity index (χ0n) is 16.1. The fourth-order valence-electron chi connectivity index (χ4n) is 2.92. The maximum Gasteiger partial charge on any atom is 0.331 e. The second kappa shape index (κ2) is 11.8. The Kier molecular flexibility index (Phi) is 9.39. The van der Waals surface area contributed by atoms with Gasteiger partial charge < -0.3 is 5.32 Å². The minimum absolute atomic E-state index is 0.205. The van der Waals surface area contributed by atoms with Gasteiger partial charge in [-0.25, -0.2) is 4.57 Å². The highest BCUT2D eigenvalue weighted by molar-refractivity contribution is 6.28. The van der Waals surface area contributed by atoms with Crippen LogP contribution in [0.4, 0.5) is 5.95 Å². The number of halogens is 1. The number of aromatic nitrogens is 5. The molecule has 0 fully saturated rings. The topological polar surface area (TPSA) is 59.5 Å². The van der Waals surface area contributed by atoms with Crippen molar-refractivity contribution in [3.8, 4) is 5.95 Å². The number of rotatable bonds is 13. The van der Waals surface area contributed by atoms with Gasteiger partial charge in [-0.2, -0.15) is 19.5 Å². The second-order valence-electron chi connectivity index (χ2n) is 6.82. The molecule has 0 saturated carbocycles. The predicted octanol–water partition coefficient (Wildman–Crippen LogP) is 4.47. The summed E-state index contributed by atoms with van der Waals surface area (Å²) in [6.45, 7) is 3.12. The third-order valence-corrected chi connectivity index (χ3v) is 4.58. The number of hydrogen-bond acceptors (Lipinski definition) is 4. The van der Waals surface area contributed by atoms with Crippen LogP contribution in [0.5, 0.6) is 0 Å². The molecule has 7 heteroatoms. The van der Waals surface area contributed by atoms with Crippen molar-refractivity contribution in [1.82, 2.24) is 19.5 Å². The molecule has 0 aliphatic carbocycles. The molecule has 0 unspecified atom stereocenters. The van der Waals surface area contributed by atoms with Crippen LogP contribution in [-0.4, -0.2) is 26.1 Å². The number of hydrogen-bond donors (Lipinski definition) is 1. The van der Waals surface area contributed by atoms with Crippen molar-refractivity contribution in [2.24, 2.45) is 7.05 Å². The Morgan fingerprint density at radius 1 is 0.962 bits per heavy atom. The fourth-order valence-corrected chi connectivity index (χ4v) is 3.07. The summed E-state index contributed by atoms with van der Waals surface area (Å²) in [6.07, 6.45) is 19.0. The molecule has 2 aromatic rings. The Bertz CT molecular complexity index is 643. The first-order chi connectivity index (χ1) is 12.7. The number of imidazole rings is 1. The highest BCUT2D eigenvalue weighted by Gasteiger charge is 2.11. The zero-order valence-corrected chi connectivity index (χ0v) is 16.9. The molecule has 2 heterocycles. The smallest absolute Gasteiger partial charge is 0.331 e. The molecule has 0 aliphatic heterocycles. The Morgan fingerprint density at radius 2 is 1.62 bits per heavy atom. The van der Waals surface area contributed by atoms with E-state index in [4.69, 9.17) is 11.6 Å². The Balaban J connectivity index is 1.62. The molecule has 2 aromatic heterocycles. The van der Waals surface area contributed by atoms with Crippen molar-refractivity contribution in [3.63, 3.8) is 0 Å². The maximum absolute atomic E-state index is 6.03. The summed E-state index contributed by atoms with van der Waals surface area (Å²) in [7, 11) is 1.95. The summed E-state index contributed by atoms with van der Waals surface area (Å²) >= 11 is 6.03. The largest absolute Gasteiger partial charge is 0.354 e. The lowest BCUT2D eigenvalue weighted by molar-refractivity contribution is -0.670. The molecule has 6 nitrogen and oxygen atoms in total. The molecule has 0 amide bonds. The molecule has 144 valence electrons. The fraction of sp³-hybridized carbons (Fsp3) is 0.684. The molecule has 0 aliphatic rings. The van der Waals surface area contributed by atoms with Gasteiger partial charge in [0.1, 0.15) is 12.4 Å². The van der Waals surface area contributed by atoms with Crippen LogP contribution < -0.4 is 9.88 Å². The van der Waals surface area contributed by atoms with Gasteiger partial charge in [-0.3, -0.25) is 0 Å². The predicted molar refractivity (Wildman–Crippen MR) is 106 cm³/mol. The molecule has 1 N–H and O–H groups in total. The Morgan fingerprint density at radius 3 is 2.23 bits per heavy atom. The monoisotopic (exact) mass is 379 g/mol. The van der Waals surface area contributed by atoms with Crippen LogP contribution >= 0.6 is 11.6 Å². The van der Waals surface area contributed by atoms with Gasteiger partial charge in [0.25, 0.3) is 6.33 Å². The Hall–Kier alpha value is -1.69. The number of aryl methyl sites for hydroxylation is 1. The van der Waals surface area contributed by atoms with E-state index in [2.05, 4.69) is 27.2 Å². The molecular formula is C19H32ClN6+. The number of anilines is 1. The lowest BCUT2D eigenvalue weighted by Gasteiger charge is -2.05. The van der Waals surface area contributed by atoms with Crippen molar-refractivity contribution in [2.75, 3.05) is 11.9 Å². The third kappa shape index (κ3) is 7.68. The van der Waals surface area contributed by atoms with Crippen LogP contribution in [-0.2, 0) is 7.05 Å². The summed E-state index contributed by atoms with van der Waals surface area (Å²) in [5.74, 6) is 1.06. The van der Waals surface area contributed by atoms with Gasteiger partial charge in [-0.05, 0) is 18.0 Å². The molecule has 0 spiro atoms. The zero-order chi connectivity index (χ0) is 18.6. The van der Waals surface area contributed by atoms with E-state index in [1.165, 1.54) is 57.8 Å². The van der Waals surface area contributed by atoms with Gasteiger partial charge in [0, 0.05) is 6.54 Å². The molecule has 0 atom stereocenters. The molecule has 26 heavy (non-hydrogen) atoms. The van der Waals surface area contributed by atoms with Crippen LogP contribution in [0.3, 0.4) is 0 Å². The Labute approximate surface area is 162 Å². The van der Waals surface area contributed by atoms with Crippen molar-refractivity contribution < 1.29 is 4.57 Å². The summed E-state index contributed by atoms with van der Waals surface area (Å²) < 4.78 is 3.74. The van der Waals surface area contributed by atoms with E-state index in [0.717, 1.165) is 13.0 Å². The summed E-state index contributed by atoms with van der Waals surface area (Å²) in [4.78, 5) is 12.8. The van der Waals surface area contributed by atoms with Gasteiger partial charge in [-0.1, -0.05) is 64.7 Å². The molecule has 2 rings (SSSR count). The first-order valence-electron chi connectivity index (χ1n) is 9.88. The van der Waals surface area contributed by atoms with Crippen LogP contribution in [0, 0.1) is 0 Å². The van der Waals surface area contributed by atoms with Crippen LogP contribution in [0.25, 0.3) is 5.95 Å². The number of nitrogens with one attached hydrogen (secondary N) is 1. The van der Waals surface area contributed by atoms with Crippen molar-refractivity contribution in [3.05, 3.63) is 24.0 Å². The van der Waals surface area contributed by atoms with Crippen LogP contribution in [0.15, 0.2) is 18.7 Å². The van der Waals surface area contributed by atoms with Crippen LogP contribution in [0.1, 0.15) is 71.1 Å². The number of unbranched alkanes of at least 4 members (excludes halogenated alkanes) is 9. The minimum atomic E-state index is 0.205.